The third-order valence-electron chi connectivity index (χ3n) is 3.77. The van der Waals surface area contributed by atoms with Gasteiger partial charge in [-0.15, -0.1) is 16.4 Å². The van der Waals surface area contributed by atoms with E-state index in [2.05, 4.69) is 31.7 Å². The quantitative estimate of drug-likeness (QED) is 0.873. The van der Waals surface area contributed by atoms with Gasteiger partial charge in [-0.25, -0.2) is 4.98 Å². The second-order valence-corrected chi connectivity index (χ2v) is 7.68. The van der Waals surface area contributed by atoms with Crippen LogP contribution in [0.3, 0.4) is 0 Å². The van der Waals surface area contributed by atoms with Crippen LogP contribution >= 0.6 is 34.5 Å². The van der Waals surface area contributed by atoms with Crippen LogP contribution in [0.4, 0.5) is 0 Å². The third-order valence-corrected chi connectivity index (χ3v) is 5.68. The van der Waals surface area contributed by atoms with Crippen LogP contribution in [-0.2, 0) is 13.1 Å². The molecule has 0 aliphatic carbocycles. The molecule has 2 aromatic rings. The largest absolute Gasteiger partial charge is 0.316 e. The molecule has 3 heterocycles. The number of hydrogen-bond acceptors (Lipinski definition) is 7. The van der Waals surface area contributed by atoms with Gasteiger partial charge in [-0.2, -0.15) is 0 Å². The fraction of sp³-hybridized carbons (Fsp3) is 0.615. The van der Waals surface area contributed by atoms with Crippen molar-refractivity contribution in [1.82, 2.24) is 24.8 Å². The first-order valence-corrected chi connectivity index (χ1v) is 9.04. The van der Waals surface area contributed by atoms with Crippen LogP contribution in [0, 0.1) is 12.8 Å². The molecule has 0 saturated carbocycles. The second-order valence-electron chi connectivity index (χ2n) is 5.38. The minimum atomic E-state index is 0.698. The first-order chi connectivity index (χ1) is 10.2. The maximum Gasteiger partial charge on any atom is 0.138 e. The van der Waals surface area contributed by atoms with Crippen LogP contribution in [0.15, 0.2) is 5.51 Å². The lowest BCUT2D eigenvalue weighted by atomic mass is 10.1. The van der Waals surface area contributed by atoms with Crippen molar-refractivity contribution in [3.8, 4) is 0 Å². The Morgan fingerprint density at radius 3 is 3.00 bits per heavy atom. The second kappa shape index (κ2) is 7.11. The summed E-state index contributed by atoms with van der Waals surface area (Å²) in [6.07, 6.45) is 1.24. The molecule has 3 rings (SSSR count). The van der Waals surface area contributed by atoms with Gasteiger partial charge >= 0.3 is 0 Å². The Morgan fingerprint density at radius 2 is 2.38 bits per heavy atom. The van der Waals surface area contributed by atoms with E-state index in [1.54, 1.807) is 11.3 Å². The van der Waals surface area contributed by atoms with E-state index < -0.39 is 0 Å². The monoisotopic (exact) mass is 343 g/mol. The van der Waals surface area contributed by atoms with Gasteiger partial charge in [-0.1, -0.05) is 16.1 Å². The molecule has 8 heteroatoms. The van der Waals surface area contributed by atoms with E-state index in [0.29, 0.717) is 10.3 Å². The van der Waals surface area contributed by atoms with Crippen molar-refractivity contribution in [2.45, 2.75) is 26.4 Å². The SMILES string of the molecule is Cc1ncsc1CN(Cc1nnsc1Cl)C[C@@H]1CCNC1. The van der Waals surface area contributed by atoms with Crippen molar-refractivity contribution in [2.24, 2.45) is 5.92 Å². The molecule has 1 aliphatic rings. The lowest BCUT2D eigenvalue weighted by Crippen LogP contribution is -2.30. The molecule has 0 bridgehead atoms. The van der Waals surface area contributed by atoms with Crippen molar-refractivity contribution in [1.29, 1.82) is 0 Å². The summed E-state index contributed by atoms with van der Waals surface area (Å²) in [5, 5.41) is 7.58. The molecule has 5 nitrogen and oxygen atoms in total. The van der Waals surface area contributed by atoms with Crippen molar-refractivity contribution in [3.63, 3.8) is 0 Å². The van der Waals surface area contributed by atoms with Gasteiger partial charge < -0.3 is 5.32 Å². The first kappa shape index (κ1) is 15.3. The predicted molar refractivity (Wildman–Crippen MR) is 86.9 cm³/mol. The normalized spacial score (nSPS) is 18.7. The van der Waals surface area contributed by atoms with E-state index >= 15 is 0 Å². The zero-order valence-electron chi connectivity index (χ0n) is 11.9. The van der Waals surface area contributed by atoms with E-state index in [4.69, 9.17) is 11.6 Å². The summed E-state index contributed by atoms with van der Waals surface area (Å²) >= 11 is 9.13. The van der Waals surface area contributed by atoms with Gasteiger partial charge in [0.05, 0.1) is 11.2 Å². The first-order valence-electron chi connectivity index (χ1n) is 7.01. The highest BCUT2D eigenvalue weighted by Gasteiger charge is 2.21. The molecule has 0 radical (unpaired) electrons. The van der Waals surface area contributed by atoms with Gasteiger partial charge in [-0.3, -0.25) is 4.90 Å². The zero-order valence-corrected chi connectivity index (χ0v) is 14.3. The maximum absolute atomic E-state index is 6.16. The van der Waals surface area contributed by atoms with Crippen LogP contribution in [0.25, 0.3) is 0 Å². The minimum Gasteiger partial charge on any atom is -0.316 e. The molecule has 0 amide bonds. The van der Waals surface area contributed by atoms with Crippen molar-refractivity contribution in [2.75, 3.05) is 19.6 Å². The van der Waals surface area contributed by atoms with Crippen molar-refractivity contribution in [3.05, 3.63) is 26.1 Å². The summed E-state index contributed by atoms with van der Waals surface area (Å²) in [6, 6.07) is 0. The van der Waals surface area contributed by atoms with Crippen LogP contribution in [0.1, 0.15) is 22.7 Å². The average molecular weight is 344 g/mol. The van der Waals surface area contributed by atoms with Crippen LogP contribution in [0.5, 0.6) is 0 Å². The molecule has 21 heavy (non-hydrogen) atoms. The molecule has 1 N–H and O–H groups in total. The van der Waals surface area contributed by atoms with Crippen LogP contribution < -0.4 is 5.32 Å². The molecule has 114 valence electrons. The number of halogens is 1. The van der Waals surface area contributed by atoms with E-state index in [1.807, 2.05) is 5.51 Å². The number of nitrogens with one attached hydrogen (secondary N) is 1. The third kappa shape index (κ3) is 3.98. The molecule has 0 spiro atoms. The summed E-state index contributed by atoms with van der Waals surface area (Å²) in [7, 11) is 0. The van der Waals surface area contributed by atoms with Gasteiger partial charge in [0.1, 0.15) is 10.0 Å². The lowest BCUT2D eigenvalue weighted by Gasteiger charge is -2.24. The molecule has 0 unspecified atom stereocenters. The summed E-state index contributed by atoms with van der Waals surface area (Å²) in [5.41, 5.74) is 3.92. The van der Waals surface area contributed by atoms with Crippen LogP contribution in [0.2, 0.25) is 4.34 Å². The Bertz CT molecular complexity index is 536. The molecular formula is C13H18ClN5S2. The highest BCUT2D eigenvalue weighted by Crippen LogP contribution is 2.23. The smallest absolute Gasteiger partial charge is 0.138 e. The number of rotatable bonds is 6. The van der Waals surface area contributed by atoms with E-state index in [0.717, 1.165) is 44.1 Å². The van der Waals surface area contributed by atoms with Crippen molar-refractivity contribution >= 4 is 34.5 Å². The van der Waals surface area contributed by atoms with E-state index in [-0.39, 0.29) is 0 Å². The standard InChI is InChI=1S/C13H18ClN5S2/c1-9-12(20-8-16-9)7-19(5-10-2-3-15-4-10)6-11-13(14)21-18-17-11/h8,10,15H,2-7H2,1H3/t10-/m1/s1. The fourth-order valence-corrected chi connectivity index (χ4v) is 4.03. The molecule has 1 atom stereocenters. The molecule has 1 saturated heterocycles. The topological polar surface area (TPSA) is 53.9 Å². The summed E-state index contributed by atoms with van der Waals surface area (Å²) in [6.45, 7) is 7.00. The molecular weight excluding hydrogens is 326 g/mol. The summed E-state index contributed by atoms with van der Waals surface area (Å²) in [5.74, 6) is 0.698. The Kier molecular flexibility index (Phi) is 5.18. The number of hydrogen-bond donors (Lipinski definition) is 1. The Balaban J connectivity index is 1.70. The molecule has 1 aliphatic heterocycles. The van der Waals surface area contributed by atoms with E-state index in [1.165, 1.54) is 22.8 Å². The molecule has 2 aromatic heterocycles. The lowest BCUT2D eigenvalue weighted by molar-refractivity contribution is 0.219. The molecule has 1 fully saturated rings. The minimum absolute atomic E-state index is 0.698. The van der Waals surface area contributed by atoms with Gasteiger partial charge in [-0.05, 0) is 32.4 Å². The van der Waals surface area contributed by atoms with Gasteiger partial charge in [0.25, 0.3) is 0 Å². The van der Waals surface area contributed by atoms with Gasteiger partial charge in [0, 0.05) is 36.0 Å². The number of aryl methyl sites for hydroxylation is 1. The summed E-state index contributed by atoms with van der Waals surface area (Å²) < 4.78 is 4.63. The molecule has 0 aromatic carbocycles. The number of aromatic nitrogens is 3. The fourth-order valence-electron chi connectivity index (χ4n) is 2.60. The highest BCUT2D eigenvalue weighted by atomic mass is 35.5. The Morgan fingerprint density at radius 1 is 1.48 bits per heavy atom. The average Bonchev–Trinajstić information content (AvgIpc) is 3.17. The van der Waals surface area contributed by atoms with Crippen LogP contribution in [-0.4, -0.2) is 39.1 Å². The summed E-state index contributed by atoms with van der Waals surface area (Å²) in [4.78, 5) is 8.08. The van der Waals surface area contributed by atoms with Gasteiger partial charge in [0.15, 0.2) is 0 Å². The van der Waals surface area contributed by atoms with Crippen molar-refractivity contribution < 1.29 is 0 Å². The maximum atomic E-state index is 6.16. The number of thiazole rings is 1. The Labute approximate surface area is 137 Å². The predicted octanol–water partition coefficient (Wildman–Crippen LogP) is 2.57. The zero-order chi connectivity index (χ0) is 14.7. The van der Waals surface area contributed by atoms with Gasteiger partial charge in [0.2, 0.25) is 0 Å². The number of nitrogens with zero attached hydrogens (tertiary/aromatic N) is 4. The van der Waals surface area contributed by atoms with E-state index in [9.17, 15) is 0 Å². The highest BCUT2D eigenvalue weighted by molar-refractivity contribution is 7.10. The Hall–Kier alpha value is -0.600.